The number of ether oxygens (including phenoxy) is 1. The van der Waals surface area contributed by atoms with Crippen LogP contribution in [0.3, 0.4) is 0 Å². The van der Waals surface area contributed by atoms with Crippen LogP contribution in [0.15, 0.2) is 40.3 Å². The summed E-state index contributed by atoms with van der Waals surface area (Å²) in [7, 11) is 1.68. The van der Waals surface area contributed by atoms with Crippen molar-refractivity contribution < 1.29 is 9.53 Å². The lowest BCUT2D eigenvalue weighted by Gasteiger charge is -2.37. The van der Waals surface area contributed by atoms with Gasteiger partial charge in [0.1, 0.15) is 5.75 Å². The van der Waals surface area contributed by atoms with E-state index in [-0.39, 0.29) is 23.4 Å². The number of benzene rings is 1. The Morgan fingerprint density at radius 3 is 2.67 bits per heavy atom. The van der Waals surface area contributed by atoms with E-state index in [2.05, 4.69) is 9.88 Å². The monoisotopic (exact) mass is 428 g/mol. The van der Waals surface area contributed by atoms with Gasteiger partial charge in [-0.15, -0.1) is 0 Å². The number of hydrogen-bond acceptors (Lipinski definition) is 6. The average Bonchev–Trinajstić information content (AvgIpc) is 3.17. The third-order valence-corrected chi connectivity index (χ3v) is 6.87. The molecule has 0 radical (unpaired) electrons. The summed E-state index contributed by atoms with van der Waals surface area (Å²) in [5.41, 5.74) is 1.83. The maximum atomic E-state index is 13.0. The molecule has 4 rings (SSSR count). The first kappa shape index (κ1) is 20.8. The minimum absolute atomic E-state index is 0.0486. The molecule has 0 spiro atoms. The zero-order chi connectivity index (χ0) is 21.3. The molecule has 8 heteroatoms. The first-order valence-corrected chi connectivity index (χ1v) is 11.4. The Morgan fingerprint density at radius 2 is 1.97 bits per heavy atom. The van der Waals surface area contributed by atoms with Gasteiger partial charge in [0.05, 0.1) is 24.5 Å². The summed E-state index contributed by atoms with van der Waals surface area (Å²) < 4.78 is 7.17. The molecule has 0 saturated carbocycles. The number of piperazine rings is 1. The Labute approximate surface area is 181 Å². The van der Waals surface area contributed by atoms with E-state index in [1.54, 1.807) is 29.5 Å². The van der Waals surface area contributed by atoms with E-state index in [9.17, 15) is 9.59 Å². The van der Waals surface area contributed by atoms with Crippen molar-refractivity contribution >= 4 is 23.4 Å². The SMILES string of the molecule is COc1ccccc1N1CCN(C(=O)C[C@H]2CSc3nc(C(C)C)cc(=O)n32)CC1. The van der Waals surface area contributed by atoms with Gasteiger partial charge in [0.15, 0.2) is 5.16 Å². The van der Waals surface area contributed by atoms with Gasteiger partial charge in [0, 0.05) is 44.4 Å². The molecule has 0 unspecified atom stereocenters. The summed E-state index contributed by atoms with van der Waals surface area (Å²) in [4.78, 5) is 34.4. The first-order chi connectivity index (χ1) is 14.5. The number of nitrogens with zero attached hydrogens (tertiary/aromatic N) is 4. The summed E-state index contributed by atoms with van der Waals surface area (Å²) in [5.74, 6) is 1.89. The first-order valence-electron chi connectivity index (χ1n) is 10.4. The second-order valence-corrected chi connectivity index (χ2v) is 9.02. The Hall–Kier alpha value is -2.48. The fourth-order valence-corrected chi connectivity index (χ4v) is 5.19. The van der Waals surface area contributed by atoms with Crippen molar-refractivity contribution in [2.45, 2.75) is 37.4 Å². The van der Waals surface area contributed by atoms with E-state index in [0.29, 0.717) is 19.5 Å². The van der Waals surface area contributed by atoms with Gasteiger partial charge in [-0.25, -0.2) is 4.98 Å². The van der Waals surface area contributed by atoms with Crippen molar-refractivity contribution in [2.75, 3.05) is 43.9 Å². The number of hydrogen-bond donors (Lipinski definition) is 0. The van der Waals surface area contributed by atoms with Gasteiger partial charge in [-0.3, -0.25) is 14.2 Å². The Morgan fingerprint density at radius 1 is 1.23 bits per heavy atom. The van der Waals surface area contributed by atoms with Crippen LogP contribution in [0.25, 0.3) is 0 Å². The number of thioether (sulfide) groups is 1. The summed E-state index contributed by atoms with van der Waals surface area (Å²) in [6.07, 6.45) is 0.345. The third-order valence-electron chi connectivity index (χ3n) is 5.77. The number of carbonyl (C=O) groups is 1. The molecule has 7 nitrogen and oxygen atoms in total. The molecule has 2 aromatic rings. The molecule has 1 aromatic heterocycles. The van der Waals surface area contributed by atoms with Gasteiger partial charge in [0.25, 0.3) is 5.56 Å². The molecule has 30 heavy (non-hydrogen) atoms. The van der Waals surface area contributed by atoms with Crippen LogP contribution in [-0.4, -0.2) is 59.4 Å². The summed E-state index contributed by atoms with van der Waals surface area (Å²) in [5, 5.41) is 0.741. The average molecular weight is 429 g/mol. The maximum Gasteiger partial charge on any atom is 0.254 e. The van der Waals surface area contributed by atoms with Gasteiger partial charge in [0.2, 0.25) is 5.91 Å². The summed E-state index contributed by atoms with van der Waals surface area (Å²) >= 11 is 1.57. The lowest BCUT2D eigenvalue weighted by atomic mass is 10.1. The zero-order valence-corrected chi connectivity index (χ0v) is 18.5. The van der Waals surface area contributed by atoms with Crippen molar-refractivity contribution in [1.82, 2.24) is 14.5 Å². The number of methoxy groups -OCH3 is 1. The highest BCUT2D eigenvalue weighted by molar-refractivity contribution is 7.99. The number of aromatic nitrogens is 2. The lowest BCUT2D eigenvalue weighted by Crippen LogP contribution is -2.49. The number of rotatable bonds is 5. The quantitative estimate of drug-likeness (QED) is 0.683. The number of anilines is 1. The van der Waals surface area contributed by atoms with Crippen LogP contribution >= 0.6 is 11.8 Å². The Kier molecular flexibility index (Phi) is 6.04. The van der Waals surface area contributed by atoms with Crippen LogP contribution in [0.4, 0.5) is 5.69 Å². The van der Waals surface area contributed by atoms with Crippen LogP contribution < -0.4 is 15.2 Å². The molecule has 0 N–H and O–H groups in total. The molecule has 2 aliphatic heterocycles. The van der Waals surface area contributed by atoms with Crippen LogP contribution in [-0.2, 0) is 4.79 Å². The van der Waals surface area contributed by atoms with Crippen LogP contribution in [0.2, 0.25) is 0 Å². The van der Waals surface area contributed by atoms with E-state index in [4.69, 9.17) is 4.74 Å². The molecule has 1 amide bonds. The molecular weight excluding hydrogens is 400 g/mol. The number of carbonyl (C=O) groups excluding carboxylic acids is 1. The van der Waals surface area contributed by atoms with E-state index in [1.165, 1.54) is 0 Å². The molecule has 1 atom stereocenters. The van der Waals surface area contributed by atoms with Crippen LogP contribution in [0, 0.1) is 0 Å². The maximum absolute atomic E-state index is 13.0. The highest BCUT2D eigenvalue weighted by atomic mass is 32.2. The van der Waals surface area contributed by atoms with E-state index in [0.717, 1.165) is 41.1 Å². The topological polar surface area (TPSA) is 67.7 Å². The van der Waals surface area contributed by atoms with Crippen molar-refractivity contribution in [1.29, 1.82) is 0 Å². The summed E-state index contributed by atoms with van der Waals surface area (Å²) in [6, 6.07) is 9.46. The molecule has 2 aliphatic rings. The van der Waals surface area contributed by atoms with Crippen molar-refractivity contribution in [3.8, 4) is 5.75 Å². The minimum Gasteiger partial charge on any atom is -0.495 e. The number of fused-ring (bicyclic) bond motifs is 1. The van der Waals surface area contributed by atoms with Gasteiger partial charge >= 0.3 is 0 Å². The van der Waals surface area contributed by atoms with E-state index < -0.39 is 0 Å². The minimum atomic E-state index is -0.119. The second kappa shape index (κ2) is 8.71. The van der Waals surface area contributed by atoms with Crippen molar-refractivity contribution in [2.24, 2.45) is 0 Å². The third kappa shape index (κ3) is 4.05. The Balaban J connectivity index is 1.39. The van der Waals surface area contributed by atoms with Crippen LogP contribution in [0.5, 0.6) is 5.75 Å². The highest BCUT2D eigenvalue weighted by Crippen LogP contribution is 2.33. The zero-order valence-electron chi connectivity index (χ0n) is 17.7. The van der Waals surface area contributed by atoms with Gasteiger partial charge < -0.3 is 14.5 Å². The van der Waals surface area contributed by atoms with Gasteiger partial charge in [-0.05, 0) is 18.1 Å². The molecule has 1 aromatic carbocycles. The number of para-hydroxylation sites is 2. The smallest absolute Gasteiger partial charge is 0.254 e. The predicted molar refractivity (Wildman–Crippen MR) is 119 cm³/mol. The van der Waals surface area contributed by atoms with E-state index >= 15 is 0 Å². The highest BCUT2D eigenvalue weighted by Gasteiger charge is 2.31. The molecular formula is C22H28N4O3S. The van der Waals surface area contributed by atoms with Gasteiger partial charge in [-0.2, -0.15) is 0 Å². The molecule has 1 saturated heterocycles. The van der Waals surface area contributed by atoms with E-state index in [1.807, 2.05) is 43.0 Å². The molecule has 3 heterocycles. The molecule has 1 fully saturated rings. The van der Waals surface area contributed by atoms with Crippen LogP contribution in [0.1, 0.15) is 37.9 Å². The fourth-order valence-electron chi connectivity index (χ4n) is 4.03. The predicted octanol–water partition coefficient (Wildman–Crippen LogP) is 2.76. The molecule has 160 valence electrons. The lowest BCUT2D eigenvalue weighted by molar-refractivity contribution is -0.132. The van der Waals surface area contributed by atoms with Crippen molar-refractivity contribution in [3.05, 3.63) is 46.4 Å². The van der Waals surface area contributed by atoms with Gasteiger partial charge in [-0.1, -0.05) is 37.7 Å². The number of amides is 1. The normalized spacial score (nSPS) is 18.6. The Bertz CT molecular complexity index is 983. The largest absolute Gasteiger partial charge is 0.495 e. The second-order valence-electron chi connectivity index (χ2n) is 8.04. The summed E-state index contributed by atoms with van der Waals surface area (Å²) in [6.45, 7) is 6.93. The standard InChI is InChI=1S/C22H28N4O3S/c1-15(2)17-13-21(28)26-16(14-30-22(26)23-17)12-20(27)25-10-8-24(9-11-25)18-6-4-5-7-19(18)29-3/h4-7,13,15-16H,8-12,14H2,1-3H3/t16-/m0/s1. The van der Waals surface area contributed by atoms with Crippen molar-refractivity contribution in [3.63, 3.8) is 0 Å². The molecule has 0 aliphatic carbocycles. The fraction of sp³-hybridized carbons (Fsp3) is 0.500. The molecule has 0 bridgehead atoms.